The highest BCUT2D eigenvalue weighted by Crippen LogP contribution is 2.23. The Labute approximate surface area is 152 Å². The largest absolute Gasteiger partial charge is 0.338 e. The highest BCUT2D eigenvalue weighted by molar-refractivity contribution is 5.94. The predicted octanol–water partition coefficient (Wildman–Crippen LogP) is 2.92. The first-order valence-electron chi connectivity index (χ1n) is 9.22. The van der Waals surface area contributed by atoms with Gasteiger partial charge < -0.3 is 4.90 Å². The maximum atomic E-state index is 12.9. The third kappa shape index (κ3) is 3.45. The lowest BCUT2D eigenvalue weighted by Gasteiger charge is -2.33. The topological polar surface area (TPSA) is 63.4 Å². The number of amides is 1. The Balaban J connectivity index is 1.41. The van der Waals surface area contributed by atoms with Crippen molar-refractivity contribution in [3.8, 4) is 0 Å². The van der Waals surface area contributed by atoms with Crippen LogP contribution in [0.2, 0.25) is 0 Å². The molecule has 1 amide bonds. The van der Waals surface area contributed by atoms with Gasteiger partial charge in [0.25, 0.3) is 5.91 Å². The minimum absolute atomic E-state index is 0.0722. The monoisotopic (exact) mass is 349 g/mol. The molecule has 1 aromatic carbocycles. The van der Waals surface area contributed by atoms with Gasteiger partial charge >= 0.3 is 0 Å². The number of nitrogens with zero attached hydrogens (tertiary/aromatic N) is 5. The fourth-order valence-electron chi connectivity index (χ4n) is 3.79. The molecule has 134 valence electrons. The minimum Gasteiger partial charge on any atom is -0.338 e. The first kappa shape index (κ1) is 16.7. The van der Waals surface area contributed by atoms with Crippen molar-refractivity contribution in [2.24, 2.45) is 5.92 Å². The van der Waals surface area contributed by atoms with E-state index in [-0.39, 0.29) is 5.91 Å². The molecule has 6 nitrogen and oxygen atoms in total. The molecule has 1 aliphatic heterocycles. The van der Waals surface area contributed by atoms with Crippen molar-refractivity contribution >= 4 is 11.6 Å². The van der Waals surface area contributed by atoms with Crippen LogP contribution in [0.4, 0.5) is 0 Å². The Kier molecular flexibility index (Phi) is 4.65. The normalized spacial score (nSPS) is 17.6. The number of tetrazole rings is 1. The number of fused-ring (bicyclic) bond motifs is 1. The van der Waals surface area contributed by atoms with Gasteiger partial charge in [-0.2, -0.15) is 4.52 Å². The Hall–Kier alpha value is -2.76. The summed E-state index contributed by atoms with van der Waals surface area (Å²) in [6.45, 7) is 3.83. The molecule has 4 rings (SSSR count). The summed E-state index contributed by atoms with van der Waals surface area (Å²) >= 11 is 0. The van der Waals surface area contributed by atoms with Gasteiger partial charge in [-0.15, -0.1) is 5.10 Å². The Morgan fingerprint density at radius 1 is 1.23 bits per heavy atom. The number of hydrogen-bond donors (Lipinski definition) is 0. The second kappa shape index (κ2) is 7.23. The van der Waals surface area contributed by atoms with Crippen molar-refractivity contribution in [3.63, 3.8) is 0 Å². The van der Waals surface area contributed by atoms with Crippen molar-refractivity contribution in [1.82, 2.24) is 24.9 Å². The first-order chi connectivity index (χ1) is 12.7. The number of carbonyl (C=O) groups is 1. The zero-order chi connectivity index (χ0) is 17.9. The van der Waals surface area contributed by atoms with Crippen LogP contribution in [0, 0.1) is 12.8 Å². The van der Waals surface area contributed by atoms with Gasteiger partial charge in [-0.05, 0) is 72.2 Å². The van der Waals surface area contributed by atoms with Crippen molar-refractivity contribution in [1.29, 1.82) is 0 Å². The van der Waals surface area contributed by atoms with Gasteiger partial charge in [0.1, 0.15) is 0 Å². The zero-order valence-corrected chi connectivity index (χ0v) is 15.0. The Morgan fingerprint density at radius 2 is 2.12 bits per heavy atom. The smallest absolute Gasteiger partial charge is 0.255 e. The van der Waals surface area contributed by atoms with Crippen LogP contribution in [0.1, 0.15) is 40.7 Å². The molecule has 1 atom stereocenters. The molecule has 2 aromatic heterocycles. The van der Waals surface area contributed by atoms with E-state index in [2.05, 4.69) is 46.7 Å². The number of hydrogen-bond acceptors (Lipinski definition) is 4. The molecule has 3 heterocycles. The van der Waals surface area contributed by atoms with Crippen LogP contribution in [0.15, 0.2) is 42.6 Å². The van der Waals surface area contributed by atoms with Crippen molar-refractivity contribution in [2.75, 3.05) is 13.1 Å². The second-order valence-corrected chi connectivity index (χ2v) is 7.12. The number of aromatic nitrogens is 4. The van der Waals surface area contributed by atoms with Crippen LogP contribution >= 0.6 is 0 Å². The van der Waals surface area contributed by atoms with E-state index in [1.807, 2.05) is 11.0 Å². The quantitative estimate of drug-likeness (QED) is 0.726. The third-order valence-corrected chi connectivity index (χ3v) is 5.33. The van der Waals surface area contributed by atoms with Gasteiger partial charge in [0.15, 0.2) is 5.65 Å². The lowest BCUT2D eigenvalue weighted by atomic mass is 9.90. The van der Waals surface area contributed by atoms with Crippen LogP contribution < -0.4 is 0 Å². The molecule has 0 aliphatic carbocycles. The van der Waals surface area contributed by atoms with Crippen LogP contribution in [0.5, 0.6) is 0 Å². The summed E-state index contributed by atoms with van der Waals surface area (Å²) in [4.78, 5) is 14.9. The summed E-state index contributed by atoms with van der Waals surface area (Å²) in [7, 11) is 0. The van der Waals surface area contributed by atoms with Crippen LogP contribution in [0.3, 0.4) is 0 Å². The minimum atomic E-state index is 0.0722. The molecule has 0 saturated carbocycles. The summed E-state index contributed by atoms with van der Waals surface area (Å²) in [6.07, 6.45) is 6.18. The van der Waals surface area contributed by atoms with E-state index < -0.39 is 0 Å². The van der Waals surface area contributed by atoms with Gasteiger partial charge in [0.2, 0.25) is 0 Å². The molecule has 0 radical (unpaired) electrons. The summed E-state index contributed by atoms with van der Waals surface area (Å²) in [5, 5.41) is 11.4. The molecule has 0 spiro atoms. The van der Waals surface area contributed by atoms with Crippen molar-refractivity contribution in [2.45, 2.75) is 32.6 Å². The summed E-state index contributed by atoms with van der Waals surface area (Å²) < 4.78 is 1.55. The van der Waals surface area contributed by atoms with Crippen molar-refractivity contribution < 1.29 is 4.79 Å². The van der Waals surface area contributed by atoms with E-state index in [0.717, 1.165) is 32.4 Å². The number of aryl methyl sites for hydroxylation is 2. The van der Waals surface area contributed by atoms with E-state index in [9.17, 15) is 4.79 Å². The molecule has 0 N–H and O–H groups in total. The number of carbonyl (C=O) groups excluding carboxylic acids is 1. The second-order valence-electron chi connectivity index (χ2n) is 7.12. The first-order valence-corrected chi connectivity index (χ1v) is 9.22. The number of pyridine rings is 1. The SMILES string of the molecule is Cc1ccccc1CCC1CCCN(C(=O)c2ccc3nnnn3c2)C1. The van der Waals surface area contributed by atoms with Crippen LogP contribution in [-0.2, 0) is 6.42 Å². The maximum absolute atomic E-state index is 12.9. The molecule has 6 heteroatoms. The van der Waals surface area contributed by atoms with Gasteiger partial charge in [0, 0.05) is 19.3 Å². The molecule has 1 fully saturated rings. The summed E-state index contributed by atoms with van der Waals surface area (Å²) in [6, 6.07) is 12.2. The highest BCUT2D eigenvalue weighted by Gasteiger charge is 2.24. The Morgan fingerprint density at radius 3 is 3.00 bits per heavy atom. The number of rotatable bonds is 4. The average Bonchev–Trinajstić information content (AvgIpc) is 3.15. The fraction of sp³-hybridized carbons (Fsp3) is 0.400. The van der Waals surface area contributed by atoms with Gasteiger partial charge in [-0.25, -0.2) is 0 Å². The standard InChI is InChI=1S/C20H23N5O/c1-15-5-2-3-7-17(15)9-8-16-6-4-12-24(13-16)20(26)18-10-11-19-21-22-23-25(19)14-18/h2-3,5,7,10-11,14,16H,4,6,8-9,12-13H2,1H3. The van der Waals surface area contributed by atoms with Crippen LogP contribution in [-0.4, -0.2) is 43.9 Å². The number of piperidine rings is 1. The zero-order valence-electron chi connectivity index (χ0n) is 15.0. The summed E-state index contributed by atoms with van der Waals surface area (Å²) in [5.41, 5.74) is 4.06. The van der Waals surface area contributed by atoms with E-state index in [1.165, 1.54) is 17.5 Å². The highest BCUT2D eigenvalue weighted by atomic mass is 16.2. The molecule has 1 unspecified atom stereocenters. The van der Waals surface area contributed by atoms with E-state index in [0.29, 0.717) is 17.1 Å². The predicted molar refractivity (Wildman–Crippen MR) is 98.9 cm³/mol. The molecular weight excluding hydrogens is 326 g/mol. The molecule has 1 saturated heterocycles. The van der Waals surface area contributed by atoms with E-state index in [1.54, 1.807) is 16.8 Å². The van der Waals surface area contributed by atoms with Gasteiger partial charge in [-0.3, -0.25) is 4.79 Å². The molecule has 3 aromatic rings. The fourth-order valence-corrected chi connectivity index (χ4v) is 3.79. The van der Waals surface area contributed by atoms with Gasteiger partial charge in [0.05, 0.1) is 5.56 Å². The van der Waals surface area contributed by atoms with Crippen molar-refractivity contribution in [3.05, 3.63) is 59.3 Å². The van der Waals surface area contributed by atoms with Crippen LogP contribution in [0.25, 0.3) is 5.65 Å². The summed E-state index contributed by atoms with van der Waals surface area (Å²) in [5.74, 6) is 0.632. The van der Waals surface area contributed by atoms with Gasteiger partial charge in [-0.1, -0.05) is 24.3 Å². The maximum Gasteiger partial charge on any atom is 0.255 e. The van der Waals surface area contributed by atoms with E-state index >= 15 is 0 Å². The average molecular weight is 349 g/mol. The molecule has 1 aliphatic rings. The van der Waals surface area contributed by atoms with E-state index in [4.69, 9.17) is 0 Å². The lowest BCUT2D eigenvalue weighted by Crippen LogP contribution is -2.40. The molecule has 26 heavy (non-hydrogen) atoms. The number of likely N-dealkylation sites (tertiary alicyclic amines) is 1. The molecule has 0 bridgehead atoms. The number of benzene rings is 1. The molecular formula is C20H23N5O. The third-order valence-electron chi connectivity index (χ3n) is 5.33. The lowest BCUT2D eigenvalue weighted by molar-refractivity contribution is 0.0667. The Bertz CT molecular complexity index is 919.